The lowest BCUT2D eigenvalue weighted by atomic mass is 9.84. The van der Waals surface area contributed by atoms with Crippen LogP contribution in [0.5, 0.6) is 0 Å². The lowest BCUT2D eigenvalue weighted by Crippen LogP contribution is -2.40. The Morgan fingerprint density at radius 1 is 1.44 bits per heavy atom. The summed E-state index contributed by atoms with van der Waals surface area (Å²) in [6.07, 6.45) is 7.91. The van der Waals surface area contributed by atoms with Gasteiger partial charge in [-0.1, -0.05) is 18.6 Å². The van der Waals surface area contributed by atoms with E-state index in [1.807, 2.05) is 0 Å². The summed E-state index contributed by atoms with van der Waals surface area (Å²) in [6, 6.07) is 1.55. The van der Waals surface area contributed by atoms with E-state index in [9.17, 15) is 0 Å². The van der Waals surface area contributed by atoms with Gasteiger partial charge in [-0.3, -0.25) is 4.90 Å². The predicted molar refractivity (Wildman–Crippen MR) is 78.8 cm³/mol. The largest absolute Gasteiger partial charge is 0.315 e. The average molecular weight is 250 g/mol. The van der Waals surface area contributed by atoms with Crippen molar-refractivity contribution in [1.82, 2.24) is 10.2 Å². The molecule has 0 radical (unpaired) electrons. The van der Waals surface area contributed by atoms with Gasteiger partial charge in [0.1, 0.15) is 0 Å². The molecule has 0 aromatic rings. The smallest absolute Gasteiger partial charge is 0.0192 e. The molecule has 3 atom stereocenters. The van der Waals surface area contributed by atoms with E-state index in [1.54, 1.807) is 5.57 Å². The minimum Gasteiger partial charge on any atom is -0.315 e. The molecule has 1 saturated carbocycles. The molecule has 2 aliphatic carbocycles. The lowest BCUT2D eigenvalue weighted by molar-refractivity contribution is 0.236. The van der Waals surface area contributed by atoms with Crippen molar-refractivity contribution in [3.63, 3.8) is 0 Å². The van der Waals surface area contributed by atoms with Gasteiger partial charge in [0.15, 0.2) is 0 Å². The van der Waals surface area contributed by atoms with Gasteiger partial charge in [-0.15, -0.1) is 0 Å². The fourth-order valence-electron chi connectivity index (χ4n) is 3.32. The van der Waals surface area contributed by atoms with E-state index >= 15 is 0 Å². The van der Waals surface area contributed by atoms with E-state index in [4.69, 9.17) is 0 Å². The van der Waals surface area contributed by atoms with Crippen LogP contribution in [0.1, 0.15) is 46.5 Å². The van der Waals surface area contributed by atoms with Gasteiger partial charge < -0.3 is 5.32 Å². The normalized spacial score (nSPS) is 30.4. The molecular formula is C16H30N2. The van der Waals surface area contributed by atoms with Crippen molar-refractivity contribution < 1.29 is 0 Å². The molecule has 0 aromatic heterocycles. The molecule has 18 heavy (non-hydrogen) atoms. The zero-order valence-electron chi connectivity index (χ0n) is 12.6. The van der Waals surface area contributed by atoms with Crippen LogP contribution in [-0.4, -0.2) is 37.1 Å². The molecule has 2 rings (SSSR count). The molecule has 0 aliphatic heterocycles. The highest BCUT2D eigenvalue weighted by Gasteiger charge is 2.29. The van der Waals surface area contributed by atoms with Gasteiger partial charge >= 0.3 is 0 Å². The first-order chi connectivity index (χ1) is 8.56. The summed E-state index contributed by atoms with van der Waals surface area (Å²) in [7, 11) is 2.28. The highest BCUT2D eigenvalue weighted by atomic mass is 15.2. The molecule has 104 valence electrons. The van der Waals surface area contributed by atoms with E-state index in [2.05, 4.69) is 44.1 Å². The standard InChI is InChI=1S/C16H30N2/c1-12-7-13(2)9-15(8-12)11-17-10-14(3)18(4)16-5-6-16/h7,12,14-17H,5-6,8-11H2,1-4H3. The molecule has 0 heterocycles. The third-order valence-corrected chi connectivity index (χ3v) is 4.58. The maximum Gasteiger partial charge on any atom is 0.0192 e. The number of nitrogens with one attached hydrogen (secondary N) is 1. The SMILES string of the molecule is CC1=CC(C)CC(CNCC(C)N(C)C2CC2)C1. The summed E-state index contributed by atoms with van der Waals surface area (Å²) in [5, 5.41) is 3.69. The minimum atomic E-state index is 0.676. The van der Waals surface area contributed by atoms with Crippen molar-refractivity contribution in [3.05, 3.63) is 11.6 Å². The Balaban J connectivity index is 1.64. The molecule has 0 saturated heterocycles. The van der Waals surface area contributed by atoms with Gasteiger partial charge in [-0.25, -0.2) is 0 Å². The van der Waals surface area contributed by atoms with E-state index in [0.717, 1.165) is 24.4 Å². The van der Waals surface area contributed by atoms with Crippen molar-refractivity contribution in [1.29, 1.82) is 0 Å². The Hall–Kier alpha value is -0.340. The Morgan fingerprint density at radius 2 is 2.17 bits per heavy atom. The van der Waals surface area contributed by atoms with Gasteiger partial charge in [-0.05, 0) is 65.0 Å². The first kappa shape index (κ1) is 14.1. The van der Waals surface area contributed by atoms with Crippen LogP contribution in [0, 0.1) is 11.8 Å². The molecule has 2 heteroatoms. The quantitative estimate of drug-likeness (QED) is 0.729. The fraction of sp³-hybridized carbons (Fsp3) is 0.875. The van der Waals surface area contributed by atoms with E-state index < -0.39 is 0 Å². The van der Waals surface area contributed by atoms with Gasteiger partial charge in [0.25, 0.3) is 0 Å². The summed E-state index contributed by atoms with van der Waals surface area (Å²) in [6.45, 7) is 9.31. The average Bonchev–Trinajstić information content (AvgIpc) is 3.10. The molecule has 0 amide bonds. The number of rotatable bonds is 6. The van der Waals surface area contributed by atoms with Crippen LogP contribution in [0.15, 0.2) is 11.6 Å². The maximum atomic E-state index is 3.69. The molecule has 0 aromatic carbocycles. The molecule has 1 fully saturated rings. The van der Waals surface area contributed by atoms with Crippen LogP contribution in [0.2, 0.25) is 0 Å². The van der Waals surface area contributed by atoms with Crippen LogP contribution in [-0.2, 0) is 0 Å². The first-order valence-corrected chi connectivity index (χ1v) is 7.66. The first-order valence-electron chi connectivity index (χ1n) is 7.66. The molecule has 1 N–H and O–H groups in total. The van der Waals surface area contributed by atoms with E-state index in [0.29, 0.717) is 6.04 Å². The molecule has 2 nitrogen and oxygen atoms in total. The van der Waals surface area contributed by atoms with Gasteiger partial charge in [0.05, 0.1) is 0 Å². The Labute approximate surface area is 113 Å². The van der Waals surface area contributed by atoms with Crippen LogP contribution in [0.4, 0.5) is 0 Å². The fourth-order valence-corrected chi connectivity index (χ4v) is 3.32. The van der Waals surface area contributed by atoms with E-state index in [-0.39, 0.29) is 0 Å². The summed E-state index contributed by atoms with van der Waals surface area (Å²) in [4.78, 5) is 2.54. The number of likely N-dealkylation sites (N-methyl/N-ethyl adjacent to an activating group) is 1. The molecular weight excluding hydrogens is 220 g/mol. The Morgan fingerprint density at radius 3 is 2.78 bits per heavy atom. The summed E-state index contributed by atoms with van der Waals surface area (Å²) >= 11 is 0. The van der Waals surface area contributed by atoms with Crippen LogP contribution in [0.25, 0.3) is 0 Å². The number of hydrogen-bond acceptors (Lipinski definition) is 2. The third-order valence-electron chi connectivity index (χ3n) is 4.58. The zero-order chi connectivity index (χ0) is 13.1. The topological polar surface area (TPSA) is 15.3 Å². The number of hydrogen-bond donors (Lipinski definition) is 1. The van der Waals surface area contributed by atoms with E-state index in [1.165, 1.54) is 32.2 Å². The van der Waals surface area contributed by atoms with Crippen LogP contribution >= 0.6 is 0 Å². The predicted octanol–water partition coefficient (Wildman–Crippen LogP) is 3.05. The van der Waals surface area contributed by atoms with Gasteiger partial charge in [0.2, 0.25) is 0 Å². The minimum absolute atomic E-state index is 0.676. The second-order valence-corrected chi connectivity index (χ2v) is 6.70. The van der Waals surface area contributed by atoms with Crippen molar-refractivity contribution >= 4 is 0 Å². The van der Waals surface area contributed by atoms with Gasteiger partial charge in [0, 0.05) is 18.6 Å². The molecule has 0 spiro atoms. The van der Waals surface area contributed by atoms with Crippen LogP contribution < -0.4 is 5.32 Å². The van der Waals surface area contributed by atoms with Crippen molar-refractivity contribution in [3.8, 4) is 0 Å². The summed E-state index contributed by atoms with van der Waals surface area (Å²) in [5.74, 6) is 1.63. The number of nitrogens with zero attached hydrogens (tertiary/aromatic N) is 1. The Kier molecular flexibility index (Phi) is 4.85. The van der Waals surface area contributed by atoms with Crippen molar-refractivity contribution in [2.24, 2.45) is 11.8 Å². The third kappa shape index (κ3) is 4.10. The highest BCUT2D eigenvalue weighted by Crippen LogP contribution is 2.28. The lowest BCUT2D eigenvalue weighted by Gasteiger charge is -2.28. The summed E-state index contributed by atoms with van der Waals surface area (Å²) < 4.78 is 0. The molecule has 3 unspecified atom stereocenters. The molecule has 0 bridgehead atoms. The highest BCUT2D eigenvalue weighted by molar-refractivity contribution is 5.06. The van der Waals surface area contributed by atoms with Crippen LogP contribution in [0.3, 0.4) is 0 Å². The second kappa shape index (κ2) is 6.21. The van der Waals surface area contributed by atoms with Crippen molar-refractivity contribution in [2.45, 2.75) is 58.5 Å². The monoisotopic (exact) mass is 250 g/mol. The van der Waals surface area contributed by atoms with Gasteiger partial charge in [-0.2, -0.15) is 0 Å². The zero-order valence-corrected chi connectivity index (χ0v) is 12.6. The maximum absolute atomic E-state index is 3.69. The molecule has 2 aliphatic rings. The summed E-state index contributed by atoms with van der Waals surface area (Å²) in [5.41, 5.74) is 1.59. The second-order valence-electron chi connectivity index (χ2n) is 6.70. The van der Waals surface area contributed by atoms with Crippen molar-refractivity contribution in [2.75, 3.05) is 20.1 Å². The number of allylic oxidation sites excluding steroid dienone is 2. The Bertz CT molecular complexity index is 293.